The van der Waals surface area contributed by atoms with Gasteiger partial charge in [0.25, 0.3) is 0 Å². The minimum atomic E-state index is 0.384. The SMILES string of the molecule is Nc1cnn(-c2ccc3c(c2)OCCO3)n1. The molecule has 0 bridgehead atoms. The van der Waals surface area contributed by atoms with Crippen molar-refractivity contribution in [2.75, 3.05) is 18.9 Å². The lowest BCUT2D eigenvalue weighted by atomic mass is 10.2. The molecule has 3 rings (SSSR count). The minimum Gasteiger partial charge on any atom is -0.486 e. The second-order valence-electron chi connectivity index (χ2n) is 3.39. The number of benzene rings is 1. The smallest absolute Gasteiger partial charge is 0.166 e. The first-order chi connectivity index (χ1) is 7.83. The lowest BCUT2D eigenvalue weighted by Gasteiger charge is -2.18. The summed E-state index contributed by atoms with van der Waals surface area (Å²) in [4.78, 5) is 1.45. The van der Waals surface area contributed by atoms with Crippen LogP contribution in [0.1, 0.15) is 0 Å². The molecule has 1 aliphatic rings. The van der Waals surface area contributed by atoms with Gasteiger partial charge in [0.05, 0.1) is 11.9 Å². The van der Waals surface area contributed by atoms with Crippen LogP contribution in [-0.4, -0.2) is 28.2 Å². The molecule has 6 nitrogen and oxygen atoms in total. The van der Waals surface area contributed by atoms with Crippen LogP contribution in [0.15, 0.2) is 24.4 Å². The summed E-state index contributed by atoms with van der Waals surface area (Å²) in [6.45, 7) is 1.14. The van der Waals surface area contributed by atoms with E-state index in [9.17, 15) is 0 Å². The zero-order valence-corrected chi connectivity index (χ0v) is 8.46. The van der Waals surface area contributed by atoms with Crippen molar-refractivity contribution in [3.63, 3.8) is 0 Å². The largest absolute Gasteiger partial charge is 0.486 e. The summed E-state index contributed by atoms with van der Waals surface area (Å²) in [5, 5.41) is 8.04. The number of nitrogen functional groups attached to an aromatic ring is 1. The molecule has 0 radical (unpaired) electrons. The van der Waals surface area contributed by atoms with Crippen LogP contribution < -0.4 is 15.2 Å². The van der Waals surface area contributed by atoms with Crippen LogP contribution in [0.2, 0.25) is 0 Å². The molecule has 1 aromatic carbocycles. The fourth-order valence-corrected chi connectivity index (χ4v) is 1.56. The lowest BCUT2D eigenvalue weighted by molar-refractivity contribution is 0.171. The monoisotopic (exact) mass is 218 g/mol. The second-order valence-corrected chi connectivity index (χ2v) is 3.39. The van der Waals surface area contributed by atoms with E-state index in [1.54, 1.807) is 0 Å². The number of anilines is 1. The highest BCUT2D eigenvalue weighted by Crippen LogP contribution is 2.31. The van der Waals surface area contributed by atoms with E-state index in [0.29, 0.717) is 24.8 Å². The molecular weight excluding hydrogens is 208 g/mol. The van der Waals surface area contributed by atoms with Crippen LogP contribution in [0.25, 0.3) is 5.69 Å². The van der Waals surface area contributed by atoms with Gasteiger partial charge in [0.2, 0.25) is 0 Å². The Morgan fingerprint density at radius 2 is 2.00 bits per heavy atom. The van der Waals surface area contributed by atoms with Crippen molar-refractivity contribution in [2.45, 2.75) is 0 Å². The van der Waals surface area contributed by atoms with E-state index in [4.69, 9.17) is 15.2 Å². The van der Waals surface area contributed by atoms with Gasteiger partial charge in [0.15, 0.2) is 17.3 Å². The predicted molar refractivity (Wildman–Crippen MR) is 56.8 cm³/mol. The molecule has 0 saturated heterocycles. The Balaban J connectivity index is 2.02. The van der Waals surface area contributed by atoms with Gasteiger partial charge in [-0.2, -0.15) is 5.10 Å². The molecule has 1 aromatic heterocycles. The summed E-state index contributed by atoms with van der Waals surface area (Å²) >= 11 is 0. The number of ether oxygens (including phenoxy) is 2. The van der Waals surface area contributed by atoms with E-state index in [0.717, 1.165) is 11.4 Å². The summed E-state index contributed by atoms with van der Waals surface area (Å²) in [6, 6.07) is 5.52. The molecule has 2 N–H and O–H groups in total. The molecule has 16 heavy (non-hydrogen) atoms. The van der Waals surface area contributed by atoms with E-state index >= 15 is 0 Å². The van der Waals surface area contributed by atoms with E-state index in [1.807, 2.05) is 18.2 Å². The quantitative estimate of drug-likeness (QED) is 0.759. The molecule has 0 fully saturated rings. The highest BCUT2D eigenvalue weighted by Gasteiger charge is 2.12. The minimum absolute atomic E-state index is 0.384. The summed E-state index contributed by atoms with van der Waals surface area (Å²) < 4.78 is 10.9. The average molecular weight is 218 g/mol. The summed E-state index contributed by atoms with van der Waals surface area (Å²) in [6.07, 6.45) is 1.50. The fraction of sp³-hybridized carbons (Fsp3) is 0.200. The molecule has 2 heterocycles. The number of rotatable bonds is 1. The molecule has 0 spiro atoms. The number of fused-ring (bicyclic) bond motifs is 1. The van der Waals surface area contributed by atoms with Crippen LogP contribution in [0.5, 0.6) is 11.5 Å². The molecule has 0 aliphatic carbocycles. The molecule has 0 atom stereocenters. The Morgan fingerprint density at radius 1 is 1.19 bits per heavy atom. The van der Waals surface area contributed by atoms with Crippen molar-refractivity contribution in [1.29, 1.82) is 0 Å². The number of aromatic nitrogens is 3. The normalized spacial score (nSPS) is 13.8. The van der Waals surface area contributed by atoms with Crippen LogP contribution in [0.3, 0.4) is 0 Å². The van der Waals surface area contributed by atoms with Gasteiger partial charge in [-0.3, -0.25) is 0 Å². The Kier molecular flexibility index (Phi) is 1.92. The topological polar surface area (TPSA) is 75.2 Å². The van der Waals surface area contributed by atoms with Crippen molar-refractivity contribution in [3.05, 3.63) is 24.4 Å². The maximum absolute atomic E-state index is 5.50. The molecular formula is C10H10N4O2. The third-order valence-corrected chi connectivity index (χ3v) is 2.27. The van der Waals surface area contributed by atoms with Crippen molar-refractivity contribution >= 4 is 5.82 Å². The van der Waals surface area contributed by atoms with Crippen molar-refractivity contribution in [3.8, 4) is 17.2 Å². The molecule has 1 aliphatic heterocycles. The van der Waals surface area contributed by atoms with Crippen LogP contribution in [0.4, 0.5) is 5.82 Å². The number of nitrogens with two attached hydrogens (primary N) is 1. The second kappa shape index (κ2) is 3.41. The third-order valence-electron chi connectivity index (χ3n) is 2.27. The molecule has 0 unspecified atom stereocenters. The maximum atomic E-state index is 5.50. The van der Waals surface area contributed by atoms with Gasteiger partial charge in [0.1, 0.15) is 13.2 Å². The first-order valence-corrected chi connectivity index (χ1v) is 4.91. The van der Waals surface area contributed by atoms with Crippen LogP contribution in [0, 0.1) is 0 Å². The third kappa shape index (κ3) is 1.44. The Labute approximate surface area is 91.6 Å². The Hall–Kier alpha value is -2.24. The summed E-state index contributed by atoms with van der Waals surface area (Å²) in [5.41, 5.74) is 6.30. The standard InChI is InChI=1S/C10H10N4O2/c11-10-6-12-14(13-10)7-1-2-8-9(5-7)16-4-3-15-8/h1-2,5-6H,3-4H2,(H2,11,13). The zero-order chi connectivity index (χ0) is 11.0. The number of hydrogen-bond donors (Lipinski definition) is 1. The van der Waals surface area contributed by atoms with E-state index in [-0.39, 0.29) is 0 Å². The molecule has 0 saturated carbocycles. The van der Waals surface area contributed by atoms with Gasteiger partial charge >= 0.3 is 0 Å². The first-order valence-electron chi connectivity index (χ1n) is 4.91. The molecule has 82 valence electrons. The molecule has 0 amide bonds. The lowest BCUT2D eigenvalue weighted by Crippen LogP contribution is -2.15. The first kappa shape index (κ1) is 9.02. The van der Waals surface area contributed by atoms with Crippen LogP contribution >= 0.6 is 0 Å². The summed E-state index contributed by atoms with van der Waals surface area (Å²) in [7, 11) is 0. The average Bonchev–Trinajstić information content (AvgIpc) is 2.75. The van der Waals surface area contributed by atoms with E-state index in [1.165, 1.54) is 11.0 Å². The van der Waals surface area contributed by atoms with E-state index in [2.05, 4.69) is 10.2 Å². The van der Waals surface area contributed by atoms with Gasteiger partial charge in [-0.25, -0.2) is 0 Å². The predicted octanol–water partition coefficient (Wildman–Crippen LogP) is 0.621. The van der Waals surface area contributed by atoms with Gasteiger partial charge in [-0.15, -0.1) is 9.90 Å². The Morgan fingerprint density at radius 3 is 2.75 bits per heavy atom. The number of hydrogen-bond acceptors (Lipinski definition) is 5. The maximum Gasteiger partial charge on any atom is 0.166 e. The molecule has 2 aromatic rings. The van der Waals surface area contributed by atoms with Gasteiger partial charge in [-0.05, 0) is 12.1 Å². The van der Waals surface area contributed by atoms with Crippen molar-refractivity contribution in [1.82, 2.24) is 15.0 Å². The van der Waals surface area contributed by atoms with Crippen molar-refractivity contribution < 1.29 is 9.47 Å². The number of nitrogens with zero attached hydrogens (tertiary/aromatic N) is 3. The van der Waals surface area contributed by atoms with E-state index < -0.39 is 0 Å². The molecule has 6 heteroatoms. The van der Waals surface area contributed by atoms with Gasteiger partial charge < -0.3 is 15.2 Å². The van der Waals surface area contributed by atoms with Crippen LogP contribution in [-0.2, 0) is 0 Å². The highest BCUT2D eigenvalue weighted by atomic mass is 16.6. The van der Waals surface area contributed by atoms with Crippen molar-refractivity contribution in [2.24, 2.45) is 0 Å². The highest BCUT2D eigenvalue weighted by molar-refractivity contribution is 5.49. The fourth-order valence-electron chi connectivity index (χ4n) is 1.56. The summed E-state index contributed by atoms with van der Waals surface area (Å²) in [5.74, 6) is 1.84. The zero-order valence-electron chi connectivity index (χ0n) is 8.46. The Bertz CT molecular complexity index is 523. The van der Waals surface area contributed by atoms with Gasteiger partial charge in [-0.1, -0.05) is 0 Å². The van der Waals surface area contributed by atoms with Gasteiger partial charge in [0, 0.05) is 6.07 Å².